The van der Waals surface area contributed by atoms with Crippen molar-refractivity contribution < 1.29 is 47.4 Å². The van der Waals surface area contributed by atoms with Gasteiger partial charge in [0, 0.05) is 11.1 Å². The molecular weight excluding hydrogens is 484 g/mol. The van der Waals surface area contributed by atoms with Gasteiger partial charge in [0.2, 0.25) is 0 Å². The first kappa shape index (κ1) is 27.2. The van der Waals surface area contributed by atoms with Crippen LogP contribution in [-0.4, -0.2) is 98.3 Å². The number of ether oxygens (including phenoxy) is 9. The summed E-state index contributed by atoms with van der Waals surface area (Å²) in [7, 11) is 0. The van der Waals surface area contributed by atoms with Crippen LogP contribution in [0.1, 0.15) is 15.9 Å². The maximum absolute atomic E-state index is 13.4. The van der Waals surface area contributed by atoms with Crippen LogP contribution in [0.5, 0.6) is 23.0 Å². The third-order valence-corrected chi connectivity index (χ3v) is 5.47. The zero-order chi connectivity index (χ0) is 25.5. The number of carbonyl (C=O) groups is 1. The molecule has 0 unspecified atom stereocenters. The molecule has 2 aromatic rings. The average molecular weight is 519 g/mol. The number of carbonyl (C=O) groups excluding carboxylic acids is 1. The first-order chi connectivity index (χ1) is 18.3. The lowest BCUT2D eigenvalue weighted by Gasteiger charge is -2.16. The van der Waals surface area contributed by atoms with Gasteiger partial charge >= 0.3 is 0 Å². The molecular formula is C27H34O10. The highest BCUT2D eigenvalue weighted by Gasteiger charge is 2.17. The van der Waals surface area contributed by atoms with Crippen molar-refractivity contribution >= 4 is 5.78 Å². The van der Waals surface area contributed by atoms with Gasteiger partial charge in [-0.15, -0.1) is 0 Å². The minimum atomic E-state index is -0.184. The van der Waals surface area contributed by atoms with Crippen LogP contribution in [0, 0.1) is 0 Å². The highest BCUT2D eigenvalue weighted by molar-refractivity contribution is 6.09. The first-order valence-corrected chi connectivity index (χ1v) is 12.5. The summed E-state index contributed by atoms with van der Waals surface area (Å²) in [5.74, 6) is 1.83. The average Bonchev–Trinajstić information content (AvgIpc) is 2.92. The van der Waals surface area contributed by atoms with Gasteiger partial charge in [0.1, 0.15) is 26.4 Å². The van der Waals surface area contributed by atoms with Gasteiger partial charge in [-0.3, -0.25) is 4.79 Å². The van der Waals surface area contributed by atoms with Crippen molar-refractivity contribution in [3.05, 3.63) is 47.5 Å². The predicted octanol–water partition coefficient (Wildman–Crippen LogP) is 2.54. The minimum absolute atomic E-state index is 0.184. The monoisotopic (exact) mass is 518 g/mol. The molecule has 202 valence electrons. The first-order valence-electron chi connectivity index (χ1n) is 12.5. The standard InChI is InChI=1S/C27H34O10/c28-27(22-2-4-24-26(20-22)37-18-14-33-10-9-31-12-16-35-24)21-1-3-23-25(19-21)36-17-13-32-8-6-29-5-7-30-11-15-34-23/h1-4,19-20H,5-18H2. The Balaban J connectivity index is 1.49. The summed E-state index contributed by atoms with van der Waals surface area (Å²) in [5, 5.41) is 0. The molecule has 4 rings (SSSR count). The van der Waals surface area contributed by atoms with Crippen molar-refractivity contribution in [2.75, 3.05) is 92.5 Å². The molecule has 0 saturated heterocycles. The summed E-state index contributed by atoms with van der Waals surface area (Å²) in [6, 6.07) is 10.3. The molecule has 2 aliphatic heterocycles. The fraction of sp³-hybridized carbons (Fsp3) is 0.519. The molecule has 0 aromatic heterocycles. The summed E-state index contributed by atoms with van der Waals surface area (Å²) in [4.78, 5) is 13.4. The van der Waals surface area contributed by atoms with Crippen LogP contribution in [-0.2, 0) is 23.7 Å². The number of hydrogen-bond acceptors (Lipinski definition) is 10. The number of ketones is 1. The van der Waals surface area contributed by atoms with E-state index in [9.17, 15) is 4.79 Å². The second-order valence-corrected chi connectivity index (χ2v) is 8.11. The molecule has 0 fully saturated rings. The van der Waals surface area contributed by atoms with Crippen LogP contribution >= 0.6 is 0 Å². The Morgan fingerprint density at radius 3 is 1.05 bits per heavy atom. The van der Waals surface area contributed by atoms with Crippen LogP contribution in [0.25, 0.3) is 0 Å². The van der Waals surface area contributed by atoms with Crippen molar-refractivity contribution in [3.63, 3.8) is 0 Å². The van der Waals surface area contributed by atoms with Crippen LogP contribution in [0.2, 0.25) is 0 Å². The maximum atomic E-state index is 13.4. The molecule has 0 atom stereocenters. The molecule has 10 heteroatoms. The quantitative estimate of drug-likeness (QED) is 0.552. The third kappa shape index (κ3) is 8.87. The van der Waals surface area contributed by atoms with Gasteiger partial charge in [0.25, 0.3) is 0 Å². The Labute approximate surface area is 216 Å². The summed E-state index contributed by atoms with van der Waals surface area (Å²) >= 11 is 0. The molecule has 0 aliphatic carbocycles. The van der Waals surface area contributed by atoms with E-state index in [0.29, 0.717) is 127 Å². The topological polar surface area (TPSA) is 100 Å². The van der Waals surface area contributed by atoms with Gasteiger partial charge in [0.15, 0.2) is 28.8 Å². The smallest absolute Gasteiger partial charge is 0.193 e. The molecule has 2 aromatic carbocycles. The maximum Gasteiger partial charge on any atom is 0.193 e. The number of fused-ring (bicyclic) bond motifs is 2. The van der Waals surface area contributed by atoms with Crippen molar-refractivity contribution in [1.82, 2.24) is 0 Å². The molecule has 0 N–H and O–H groups in total. The summed E-state index contributed by atoms with van der Waals surface area (Å²) < 4.78 is 50.8. The molecule has 2 heterocycles. The Morgan fingerprint density at radius 1 is 0.405 bits per heavy atom. The van der Waals surface area contributed by atoms with E-state index in [1.54, 1.807) is 36.4 Å². The van der Waals surface area contributed by atoms with Crippen molar-refractivity contribution in [1.29, 1.82) is 0 Å². The molecule has 10 nitrogen and oxygen atoms in total. The minimum Gasteiger partial charge on any atom is -0.487 e. The van der Waals surface area contributed by atoms with Crippen LogP contribution in [0.4, 0.5) is 0 Å². The van der Waals surface area contributed by atoms with E-state index in [1.165, 1.54) is 0 Å². The zero-order valence-corrected chi connectivity index (χ0v) is 20.9. The zero-order valence-electron chi connectivity index (χ0n) is 20.9. The fourth-order valence-electron chi connectivity index (χ4n) is 3.64. The van der Waals surface area contributed by atoms with Crippen LogP contribution in [0.15, 0.2) is 36.4 Å². The number of hydrogen-bond donors (Lipinski definition) is 0. The van der Waals surface area contributed by atoms with E-state index in [2.05, 4.69) is 0 Å². The van der Waals surface area contributed by atoms with Crippen LogP contribution in [0.3, 0.4) is 0 Å². The molecule has 37 heavy (non-hydrogen) atoms. The molecule has 2 aliphatic rings. The van der Waals surface area contributed by atoms with E-state index in [0.717, 1.165) is 0 Å². The van der Waals surface area contributed by atoms with Gasteiger partial charge in [0.05, 0.1) is 66.1 Å². The van der Waals surface area contributed by atoms with E-state index in [1.807, 2.05) is 0 Å². The van der Waals surface area contributed by atoms with E-state index < -0.39 is 0 Å². The molecule has 0 saturated carbocycles. The molecule has 0 radical (unpaired) electrons. The molecule has 0 spiro atoms. The molecule has 0 bridgehead atoms. The summed E-state index contributed by atoms with van der Waals surface area (Å²) in [6.07, 6.45) is 0. The number of rotatable bonds is 2. The fourth-order valence-corrected chi connectivity index (χ4v) is 3.64. The highest BCUT2D eigenvalue weighted by Crippen LogP contribution is 2.32. The molecule has 0 amide bonds. The van der Waals surface area contributed by atoms with Crippen molar-refractivity contribution in [2.45, 2.75) is 0 Å². The Kier molecular flexibility index (Phi) is 11.3. The summed E-state index contributed by atoms with van der Waals surface area (Å²) in [6.45, 7) is 5.93. The van der Waals surface area contributed by atoms with Gasteiger partial charge in [-0.1, -0.05) is 0 Å². The SMILES string of the molecule is O=C(c1ccc2c(c1)OCCOCCOCCOCCO2)c1ccc2c(c1)OCCOCCOCCO2. The van der Waals surface area contributed by atoms with Gasteiger partial charge in [-0.25, -0.2) is 0 Å². The lowest BCUT2D eigenvalue weighted by Crippen LogP contribution is -2.16. The largest absolute Gasteiger partial charge is 0.487 e. The Hall–Kier alpha value is -2.89. The normalized spacial score (nSPS) is 18.8. The van der Waals surface area contributed by atoms with E-state index in [4.69, 9.17) is 42.6 Å². The third-order valence-electron chi connectivity index (χ3n) is 5.47. The van der Waals surface area contributed by atoms with Crippen molar-refractivity contribution in [3.8, 4) is 23.0 Å². The van der Waals surface area contributed by atoms with Crippen LogP contribution < -0.4 is 18.9 Å². The lowest BCUT2D eigenvalue weighted by atomic mass is 10.0. The van der Waals surface area contributed by atoms with E-state index >= 15 is 0 Å². The van der Waals surface area contributed by atoms with E-state index in [-0.39, 0.29) is 5.78 Å². The summed E-state index contributed by atoms with van der Waals surface area (Å²) in [5.41, 5.74) is 0.915. The highest BCUT2D eigenvalue weighted by atomic mass is 16.6. The lowest BCUT2D eigenvalue weighted by molar-refractivity contribution is 0.00708. The Bertz CT molecular complexity index is 980. The predicted molar refractivity (Wildman–Crippen MR) is 132 cm³/mol. The van der Waals surface area contributed by atoms with Crippen molar-refractivity contribution in [2.24, 2.45) is 0 Å². The van der Waals surface area contributed by atoms with Gasteiger partial charge in [-0.2, -0.15) is 0 Å². The Morgan fingerprint density at radius 2 is 0.703 bits per heavy atom. The second kappa shape index (κ2) is 15.4. The second-order valence-electron chi connectivity index (χ2n) is 8.11. The van der Waals surface area contributed by atoms with Gasteiger partial charge < -0.3 is 42.6 Å². The number of benzene rings is 2. The van der Waals surface area contributed by atoms with Gasteiger partial charge in [-0.05, 0) is 36.4 Å².